The molecule has 1 amide bonds. The summed E-state index contributed by atoms with van der Waals surface area (Å²) in [6.45, 7) is 2.26. The van der Waals surface area contributed by atoms with Gasteiger partial charge in [0, 0.05) is 36.5 Å². The molecule has 21 heavy (non-hydrogen) atoms. The molecule has 0 saturated carbocycles. The molecule has 1 aliphatic heterocycles. The number of halogens is 1. The smallest absolute Gasteiger partial charge is 0.242 e. The summed E-state index contributed by atoms with van der Waals surface area (Å²) in [7, 11) is 0. The van der Waals surface area contributed by atoms with E-state index < -0.39 is 0 Å². The highest BCUT2D eigenvalue weighted by molar-refractivity contribution is 9.10. The summed E-state index contributed by atoms with van der Waals surface area (Å²) in [5, 5.41) is 2.96. The number of benzene rings is 1. The van der Waals surface area contributed by atoms with Gasteiger partial charge < -0.3 is 5.32 Å². The van der Waals surface area contributed by atoms with E-state index in [9.17, 15) is 4.79 Å². The monoisotopic (exact) mass is 345 g/mol. The number of nitrogens with zero attached hydrogens (tertiary/aromatic N) is 2. The van der Waals surface area contributed by atoms with E-state index in [0.29, 0.717) is 6.54 Å². The second-order valence-electron chi connectivity index (χ2n) is 5.04. The van der Waals surface area contributed by atoms with E-state index in [2.05, 4.69) is 31.1 Å². The lowest BCUT2D eigenvalue weighted by Gasteiger charge is -2.35. The van der Waals surface area contributed by atoms with Crippen LogP contribution in [0.15, 0.2) is 53.3 Å². The van der Waals surface area contributed by atoms with Gasteiger partial charge in [-0.05, 0) is 29.3 Å². The Hall–Kier alpha value is -1.72. The van der Waals surface area contributed by atoms with E-state index in [1.807, 2.05) is 36.4 Å². The highest BCUT2D eigenvalue weighted by Gasteiger charge is 2.32. The van der Waals surface area contributed by atoms with Crippen LogP contribution >= 0.6 is 15.9 Å². The molecule has 1 atom stereocenters. The zero-order valence-electron chi connectivity index (χ0n) is 11.5. The molecule has 1 aliphatic rings. The SMILES string of the molecule is O=C1NCCN(Cc2ccncc2)[C@H]1c1ccccc1Br. The van der Waals surface area contributed by atoms with Crippen LogP contribution < -0.4 is 5.32 Å². The third kappa shape index (κ3) is 3.14. The maximum Gasteiger partial charge on any atom is 0.242 e. The first kappa shape index (κ1) is 14.2. The summed E-state index contributed by atoms with van der Waals surface area (Å²) < 4.78 is 0.965. The van der Waals surface area contributed by atoms with Crippen molar-refractivity contribution < 1.29 is 4.79 Å². The number of rotatable bonds is 3. The molecular formula is C16H16BrN3O. The number of pyridine rings is 1. The minimum absolute atomic E-state index is 0.0576. The summed E-state index contributed by atoms with van der Waals surface area (Å²) in [6.07, 6.45) is 3.57. The number of hydrogen-bond donors (Lipinski definition) is 1. The number of carbonyl (C=O) groups is 1. The molecule has 0 unspecified atom stereocenters. The van der Waals surface area contributed by atoms with Crippen molar-refractivity contribution in [3.63, 3.8) is 0 Å². The van der Waals surface area contributed by atoms with Crippen LogP contribution in [0.1, 0.15) is 17.2 Å². The second kappa shape index (κ2) is 6.37. The van der Waals surface area contributed by atoms with Gasteiger partial charge in [-0.15, -0.1) is 0 Å². The van der Waals surface area contributed by atoms with Crippen LogP contribution in [0.5, 0.6) is 0 Å². The van der Waals surface area contributed by atoms with Gasteiger partial charge in [-0.3, -0.25) is 14.7 Å². The fourth-order valence-corrected chi connectivity index (χ4v) is 3.14. The van der Waals surface area contributed by atoms with E-state index >= 15 is 0 Å². The van der Waals surface area contributed by atoms with Crippen LogP contribution in [0.3, 0.4) is 0 Å². The Labute approximate surface area is 132 Å². The van der Waals surface area contributed by atoms with E-state index in [-0.39, 0.29) is 11.9 Å². The molecule has 0 bridgehead atoms. The largest absolute Gasteiger partial charge is 0.353 e. The van der Waals surface area contributed by atoms with Crippen molar-refractivity contribution in [2.45, 2.75) is 12.6 Å². The number of hydrogen-bond acceptors (Lipinski definition) is 3. The molecule has 2 heterocycles. The van der Waals surface area contributed by atoms with Crippen LogP contribution in [-0.2, 0) is 11.3 Å². The molecular weight excluding hydrogens is 330 g/mol. The fraction of sp³-hybridized carbons (Fsp3) is 0.250. The lowest BCUT2D eigenvalue weighted by molar-refractivity contribution is -0.129. The van der Waals surface area contributed by atoms with Gasteiger partial charge in [0.2, 0.25) is 5.91 Å². The van der Waals surface area contributed by atoms with Gasteiger partial charge in [0.1, 0.15) is 6.04 Å². The highest BCUT2D eigenvalue weighted by Crippen LogP contribution is 2.30. The first-order valence-electron chi connectivity index (χ1n) is 6.91. The van der Waals surface area contributed by atoms with Gasteiger partial charge in [0.25, 0.3) is 0 Å². The maximum absolute atomic E-state index is 12.4. The Bertz CT molecular complexity index is 632. The van der Waals surface area contributed by atoms with E-state index in [1.165, 1.54) is 0 Å². The minimum atomic E-state index is -0.262. The Kier molecular flexibility index (Phi) is 4.31. The molecule has 5 heteroatoms. The molecule has 3 rings (SSSR count). The van der Waals surface area contributed by atoms with Gasteiger partial charge in [-0.2, -0.15) is 0 Å². The lowest BCUT2D eigenvalue weighted by atomic mass is 10.0. The van der Waals surface area contributed by atoms with Crippen molar-refractivity contribution >= 4 is 21.8 Å². The molecule has 1 aromatic carbocycles. The normalized spacial score (nSPS) is 19.3. The van der Waals surface area contributed by atoms with Gasteiger partial charge in [0.05, 0.1) is 0 Å². The Morgan fingerprint density at radius 3 is 2.76 bits per heavy atom. The maximum atomic E-state index is 12.4. The summed E-state index contributed by atoms with van der Waals surface area (Å²) >= 11 is 3.56. The average molecular weight is 346 g/mol. The van der Waals surface area contributed by atoms with Gasteiger partial charge in [-0.25, -0.2) is 0 Å². The van der Waals surface area contributed by atoms with Crippen molar-refractivity contribution in [1.29, 1.82) is 0 Å². The molecule has 108 valence electrons. The molecule has 1 fully saturated rings. The third-order valence-corrected chi connectivity index (χ3v) is 4.37. The first-order chi connectivity index (χ1) is 10.3. The zero-order chi connectivity index (χ0) is 14.7. The lowest BCUT2D eigenvalue weighted by Crippen LogP contribution is -2.49. The Morgan fingerprint density at radius 1 is 1.24 bits per heavy atom. The van der Waals surface area contributed by atoms with E-state index in [0.717, 1.165) is 28.7 Å². The molecule has 1 aromatic heterocycles. The van der Waals surface area contributed by atoms with Gasteiger partial charge in [-0.1, -0.05) is 34.1 Å². The van der Waals surface area contributed by atoms with Crippen molar-refractivity contribution in [2.24, 2.45) is 0 Å². The van der Waals surface area contributed by atoms with Crippen molar-refractivity contribution in [1.82, 2.24) is 15.2 Å². The van der Waals surface area contributed by atoms with Crippen molar-refractivity contribution in [2.75, 3.05) is 13.1 Å². The molecule has 0 spiro atoms. The predicted octanol–water partition coefficient (Wildman–Crippen LogP) is 2.52. The van der Waals surface area contributed by atoms with Crippen LogP contribution in [0.4, 0.5) is 0 Å². The predicted molar refractivity (Wildman–Crippen MR) is 84.5 cm³/mol. The standard InChI is InChI=1S/C16H16BrN3O/c17-14-4-2-1-3-13(14)15-16(21)19-9-10-20(15)11-12-5-7-18-8-6-12/h1-8,15H,9-11H2,(H,19,21)/t15-/m0/s1. The third-order valence-electron chi connectivity index (χ3n) is 3.65. The first-order valence-corrected chi connectivity index (χ1v) is 7.70. The second-order valence-corrected chi connectivity index (χ2v) is 5.90. The molecule has 2 aromatic rings. The number of amides is 1. The van der Waals surface area contributed by atoms with Crippen molar-refractivity contribution in [3.8, 4) is 0 Å². The Morgan fingerprint density at radius 2 is 2.00 bits per heavy atom. The van der Waals surface area contributed by atoms with E-state index in [1.54, 1.807) is 12.4 Å². The summed E-state index contributed by atoms with van der Waals surface area (Å²) in [5.41, 5.74) is 2.17. The number of nitrogens with one attached hydrogen (secondary N) is 1. The molecule has 0 aliphatic carbocycles. The van der Waals surface area contributed by atoms with Crippen LogP contribution in [0.25, 0.3) is 0 Å². The highest BCUT2D eigenvalue weighted by atomic mass is 79.9. The quantitative estimate of drug-likeness (QED) is 0.929. The number of piperazine rings is 1. The summed E-state index contributed by atoms with van der Waals surface area (Å²) in [6, 6.07) is 11.6. The summed E-state index contributed by atoms with van der Waals surface area (Å²) in [5.74, 6) is 0.0576. The van der Waals surface area contributed by atoms with Crippen LogP contribution in [0.2, 0.25) is 0 Å². The molecule has 1 N–H and O–H groups in total. The average Bonchev–Trinajstić information content (AvgIpc) is 2.50. The fourth-order valence-electron chi connectivity index (χ4n) is 2.64. The molecule has 4 nitrogen and oxygen atoms in total. The van der Waals surface area contributed by atoms with E-state index in [4.69, 9.17) is 0 Å². The molecule has 0 radical (unpaired) electrons. The minimum Gasteiger partial charge on any atom is -0.353 e. The topological polar surface area (TPSA) is 45.2 Å². The van der Waals surface area contributed by atoms with Crippen molar-refractivity contribution in [3.05, 3.63) is 64.4 Å². The van der Waals surface area contributed by atoms with Crippen LogP contribution in [-0.4, -0.2) is 28.9 Å². The molecule has 1 saturated heterocycles. The zero-order valence-corrected chi connectivity index (χ0v) is 13.1. The summed E-state index contributed by atoms with van der Waals surface area (Å²) in [4.78, 5) is 18.6. The van der Waals surface area contributed by atoms with Gasteiger partial charge in [0.15, 0.2) is 0 Å². The van der Waals surface area contributed by atoms with Crippen LogP contribution in [0, 0.1) is 0 Å². The number of carbonyl (C=O) groups excluding carboxylic acids is 1. The Balaban J connectivity index is 1.90. The van der Waals surface area contributed by atoms with Gasteiger partial charge >= 0.3 is 0 Å². The number of aromatic nitrogens is 1.